The molecule has 3 amide bonds. The average molecular weight is 490 g/mol. The molecule has 0 aliphatic carbocycles. The Kier molecular flexibility index (Phi) is 10.3. The predicted molar refractivity (Wildman–Crippen MR) is 125 cm³/mol. The summed E-state index contributed by atoms with van der Waals surface area (Å²) < 4.78 is 34.7. The fourth-order valence-electron chi connectivity index (χ4n) is 3.25. The van der Waals surface area contributed by atoms with E-state index in [0.29, 0.717) is 24.2 Å². The highest BCUT2D eigenvalue weighted by molar-refractivity contribution is 6.10. The molecule has 0 saturated carbocycles. The molecule has 0 saturated heterocycles. The number of hydrogen-bond donors (Lipinski definition) is 2. The van der Waals surface area contributed by atoms with Gasteiger partial charge in [-0.25, -0.2) is 4.79 Å². The maximum absolute atomic E-state index is 14.8. The monoisotopic (exact) mass is 489 g/mol. The molecule has 0 aliphatic heterocycles. The molecule has 188 valence electrons. The van der Waals surface area contributed by atoms with E-state index in [0.717, 1.165) is 0 Å². The molecule has 0 unspecified atom stereocenters. The zero-order valence-corrected chi connectivity index (χ0v) is 19.6. The van der Waals surface area contributed by atoms with Crippen molar-refractivity contribution in [3.63, 3.8) is 0 Å². The number of nitrogens with one attached hydrogen (secondary N) is 2. The molecule has 2 N–H and O–H groups in total. The number of rotatable bonds is 12. The Morgan fingerprint density at radius 2 is 1.46 bits per heavy atom. The van der Waals surface area contributed by atoms with Crippen LogP contribution in [0.2, 0.25) is 0 Å². The summed E-state index contributed by atoms with van der Waals surface area (Å²) >= 11 is 0. The van der Waals surface area contributed by atoms with Crippen LogP contribution in [0.3, 0.4) is 0 Å². The van der Waals surface area contributed by atoms with Crippen LogP contribution in [0.4, 0.5) is 13.6 Å². The quantitative estimate of drug-likeness (QED) is 0.446. The van der Waals surface area contributed by atoms with Crippen LogP contribution in [0.25, 0.3) is 0 Å². The van der Waals surface area contributed by atoms with Gasteiger partial charge in [0, 0.05) is 19.5 Å². The van der Waals surface area contributed by atoms with Crippen molar-refractivity contribution in [3.8, 4) is 0 Å². The van der Waals surface area contributed by atoms with Crippen LogP contribution >= 0.6 is 0 Å². The Labute approximate surface area is 202 Å². The fourth-order valence-corrected chi connectivity index (χ4v) is 3.25. The van der Waals surface area contributed by atoms with Crippen LogP contribution < -0.4 is 10.6 Å². The first-order valence-electron chi connectivity index (χ1n) is 11.2. The number of likely N-dealkylation sites (N-methyl/N-ethyl adjacent to an activating group) is 1. The lowest BCUT2D eigenvalue weighted by molar-refractivity contribution is -0.160. The average Bonchev–Trinajstić information content (AvgIpc) is 2.87. The van der Waals surface area contributed by atoms with Crippen LogP contribution in [-0.2, 0) is 32.1 Å². The van der Waals surface area contributed by atoms with Crippen LogP contribution in [0.1, 0.15) is 25.0 Å². The molecular weight excluding hydrogens is 460 g/mol. The van der Waals surface area contributed by atoms with Gasteiger partial charge >= 0.3 is 12.0 Å². The summed E-state index contributed by atoms with van der Waals surface area (Å²) in [4.78, 5) is 50.6. The SMILES string of the molecule is CCN(CC)C(=O)CNC(=O)C(F)(F)C(=O)[C@H](Cc1ccccc1)NC(=O)OCc1ccccc1. The zero-order valence-electron chi connectivity index (χ0n) is 19.6. The van der Waals surface area contributed by atoms with E-state index in [1.807, 2.05) is 5.32 Å². The minimum absolute atomic E-state index is 0.136. The first kappa shape index (κ1) is 27.4. The number of benzene rings is 2. The molecule has 0 aromatic heterocycles. The number of carbonyl (C=O) groups is 4. The number of alkyl carbamates (subject to hydrolysis) is 1. The lowest BCUT2D eigenvalue weighted by Crippen LogP contribution is -2.56. The van der Waals surface area contributed by atoms with Crippen molar-refractivity contribution in [1.29, 1.82) is 0 Å². The maximum atomic E-state index is 14.8. The molecule has 0 bridgehead atoms. The van der Waals surface area contributed by atoms with Crippen LogP contribution in [0.5, 0.6) is 0 Å². The minimum atomic E-state index is -4.49. The second kappa shape index (κ2) is 13.2. The van der Waals surface area contributed by atoms with E-state index < -0.39 is 42.2 Å². The Bertz CT molecular complexity index is 999. The van der Waals surface area contributed by atoms with Crippen molar-refractivity contribution < 1.29 is 32.7 Å². The highest BCUT2D eigenvalue weighted by Crippen LogP contribution is 2.20. The molecule has 0 aliphatic rings. The van der Waals surface area contributed by atoms with E-state index in [9.17, 15) is 28.0 Å². The lowest BCUT2D eigenvalue weighted by Gasteiger charge is -2.23. The van der Waals surface area contributed by atoms with Gasteiger partial charge in [0.2, 0.25) is 11.7 Å². The van der Waals surface area contributed by atoms with E-state index in [2.05, 4.69) is 5.32 Å². The molecule has 0 heterocycles. The van der Waals surface area contributed by atoms with Gasteiger partial charge in [0.05, 0.1) is 6.54 Å². The Morgan fingerprint density at radius 1 is 0.914 bits per heavy atom. The van der Waals surface area contributed by atoms with Gasteiger partial charge in [0.1, 0.15) is 12.6 Å². The summed E-state index contributed by atoms with van der Waals surface area (Å²) in [7, 11) is 0. The molecule has 0 spiro atoms. The number of ether oxygens (including phenoxy) is 1. The van der Waals surface area contributed by atoms with Gasteiger partial charge in [-0.1, -0.05) is 60.7 Å². The first-order valence-corrected chi connectivity index (χ1v) is 11.2. The summed E-state index contributed by atoms with van der Waals surface area (Å²) in [5, 5.41) is 3.98. The zero-order chi connectivity index (χ0) is 25.8. The second-order valence-electron chi connectivity index (χ2n) is 7.64. The fraction of sp³-hybridized carbons (Fsp3) is 0.360. The molecule has 8 nitrogen and oxygen atoms in total. The van der Waals surface area contributed by atoms with Crippen LogP contribution in [0.15, 0.2) is 60.7 Å². The topological polar surface area (TPSA) is 105 Å². The Hall–Kier alpha value is -3.82. The molecule has 2 rings (SSSR count). The number of hydrogen-bond acceptors (Lipinski definition) is 5. The molecule has 1 atom stereocenters. The summed E-state index contributed by atoms with van der Waals surface area (Å²) in [6, 6.07) is 15.1. The molecule has 2 aromatic carbocycles. The molecular formula is C25H29F2N3O5. The Balaban J connectivity index is 2.11. The van der Waals surface area contributed by atoms with Crippen molar-refractivity contribution in [2.45, 2.75) is 38.8 Å². The van der Waals surface area contributed by atoms with Gasteiger partial charge in [0.25, 0.3) is 5.91 Å². The van der Waals surface area contributed by atoms with Gasteiger partial charge in [-0.05, 0) is 25.0 Å². The van der Waals surface area contributed by atoms with Crippen molar-refractivity contribution in [2.75, 3.05) is 19.6 Å². The van der Waals surface area contributed by atoms with Crippen molar-refractivity contribution >= 4 is 23.7 Å². The van der Waals surface area contributed by atoms with Gasteiger partial charge in [-0.2, -0.15) is 8.78 Å². The highest BCUT2D eigenvalue weighted by atomic mass is 19.3. The number of Topliss-reactive ketones (excluding diaryl/α,β-unsaturated/α-hetero) is 1. The molecule has 10 heteroatoms. The van der Waals surface area contributed by atoms with Crippen molar-refractivity contribution in [3.05, 3.63) is 71.8 Å². The number of alkyl halides is 2. The summed E-state index contributed by atoms with van der Waals surface area (Å²) in [5.41, 5.74) is 1.15. The minimum Gasteiger partial charge on any atom is -0.445 e. The predicted octanol–water partition coefficient (Wildman–Crippen LogP) is 2.71. The van der Waals surface area contributed by atoms with Crippen molar-refractivity contribution in [2.24, 2.45) is 0 Å². The van der Waals surface area contributed by atoms with Gasteiger partial charge in [-0.3, -0.25) is 14.4 Å². The van der Waals surface area contributed by atoms with E-state index in [1.165, 1.54) is 4.90 Å². The van der Waals surface area contributed by atoms with E-state index in [1.54, 1.807) is 74.5 Å². The third-order valence-electron chi connectivity index (χ3n) is 5.21. The van der Waals surface area contributed by atoms with Gasteiger partial charge in [-0.15, -0.1) is 0 Å². The van der Waals surface area contributed by atoms with E-state index in [-0.39, 0.29) is 13.0 Å². The standard InChI is InChI=1S/C25H29F2N3O5/c1-3-30(4-2)21(31)16-28-23(33)25(26,27)22(32)20(15-18-11-7-5-8-12-18)29-24(34)35-17-19-13-9-6-10-14-19/h5-14,20H,3-4,15-17H2,1-2H3,(H,28,33)(H,29,34)/t20-/m0/s1. The molecule has 0 radical (unpaired) electrons. The Morgan fingerprint density at radius 3 is 2.00 bits per heavy atom. The van der Waals surface area contributed by atoms with E-state index >= 15 is 0 Å². The normalized spacial score (nSPS) is 11.8. The smallest absolute Gasteiger partial charge is 0.408 e. The second-order valence-corrected chi connectivity index (χ2v) is 7.64. The molecule has 2 aromatic rings. The highest BCUT2D eigenvalue weighted by Gasteiger charge is 2.50. The van der Waals surface area contributed by atoms with Crippen LogP contribution in [-0.4, -0.2) is 60.2 Å². The first-order chi connectivity index (χ1) is 16.7. The summed E-state index contributed by atoms with van der Waals surface area (Å²) in [5.74, 6) is -8.78. The number of ketones is 1. The number of halogens is 2. The third-order valence-corrected chi connectivity index (χ3v) is 5.21. The van der Waals surface area contributed by atoms with Crippen molar-refractivity contribution in [1.82, 2.24) is 15.5 Å². The molecule has 0 fully saturated rings. The van der Waals surface area contributed by atoms with E-state index in [4.69, 9.17) is 4.74 Å². The summed E-state index contributed by atoms with van der Waals surface area (Å²) in [6.45, 7) is 3.28. The number of nitrogens with zero attached hydrogens (tertiary/aromatic N) is 1. The number of amides is 3. The van der Waals surface area contributed by atoms with Crippen LogP contribution in [0, 0.1) is 0 Å². The largest absolute Gasteiger partial charge is 0.445 e. The van der Waals surface area contributed by atoms with Gasteiger partial charge < -0.3 is 20.3 Å². The third kappa shape index (κ3) is 8.16. The summed E-state index contributed by atoms with van der Waals surface area (Å²) in [6.07, 6.45) is -1.38. The number of carbonyl (C=O) groups excluding carboxylic acids is 4. The lowest BCUT2D eigenvalue weighted by atomic mass is 9.98. The maximum Gasteiger partial charge on any atom is 0.408 e. The molecule has 35 heavy (non-hydrogen) atoms. The van der Waals surface area contributed by atoms with Gasteiger partial charge in [0.15, 0.2) is 0 Å².